The highest BCUT2D eigenvalue weighted by Crippen LogP contribution is 2.27. The molecule has 6 nitrogen and oxygen atoms in total. The number of imide groups is 1. The van der Waals surface area contributed by atoms with E-state index in [1.54, 1.807) is 31.2 Å². The number of urea groups is 1. The zero-order chi connectivity index (χ0) is 17.4. The molecule has 1 unspecified atom stereocenters. The summed E-state index contributed by atoms with van der Waals surface area (Å²) >= 11 is 5.85. The maximum Gasteiger partial charge on any atom is 0.321 e. The van der Waals surface area contributed by atoms with Crippen molar-refractivity contribution < 1.29 is 19.1 Å². The molecule has 0 bridgehead atoms. The molecule has 23 heavy (non-hydrogen) atoms. The molecular formula is C16H21ClN2O4. The number of benzene rings is 1. The largest absolute Gasteiger partial charge is 0.455 e. The van der Waals surface area contributed by atoms with Gasteiger partial charge in [0, 0.05) is 11.6 Å². The van der Waals surface area contributed by atoms with Crippen LogP contribution in [0.25, 0.3) is 0 Å². The fraction of sp³-hybridized carbons (Fsp3) is 0.438. The van der Waals surface area contributed by atoms with Crippen molar-refractivity contribution >= 4 is 29.5 Å². The van der Waals surface area contributed by atoms with Crippen LogP contribution >= 0.6 is 11.6 Å². The van der Waals surface area contributed by atoms with Gasteiger partial charge in [0.05, 0.1) is 5.92 Å². The number of esters is 1. The van der Waals surface area contributed by atoms with Gasteiger partial charge in [0.25, 0.3) is 5.91 Å². The van der Waals surface area contributed by atoms with E-state index in [4.69, 9.17) is 16.3 Å². The van der Waals surface area contributed by atoms with Crippen LogP contribution in [0.15, 0.2) is 24.3 Å². The number of hydrogen-bond donors (Lipinski definition) is 2. The van der Waals surface area contributed by atoms with Crippen molar-refractivity contribution in [1.29, 1.82) is 0 Å². The summed E-state index contributed by atoms with van der Waals surface area (Å²) in [5.74, 6) is -1.73. The molecule has 7 heteroatoms. The topological polar surface area (TPSA) is 84.5 Å². The summed E-state index contributed by atoms with van der Waals surface area (Å²) in [6.45, 7) is 5.38. The van der Waals surface area contributed by atoms with Gasteiger partial charge < -0.3 is 10.1 Å². The van der Waals surface area contributed by atoms with Crippen molar-refractivity contribution in [3.63, 3.8) is 0 Å². The Kier molecular flexibility index (Phi) is 7.54. The van der Waals surface area contributed by atoms with Gasteiger partial charge in [0.15, 0.2) is 6.61 Å². The third-order valence-electron chi connectivity index (χ3n) is 3.09. The van der Waals surface area contributed by atoms with Crippen LogP contribution in [0.1, 0.15) is 32.3 Å². The molecule has 1 aromatic rings. The summed E-state index contributed by atoms with van der Waals surface area (Å²) in [4.78, 5) is 35.0. The first-order chi connectivity index (χ1) is 10.8. The summed E-state index contributed by atoms with van der Waals surface area (Å²) in [7, 11) is 0. The second-order valence-electron chi connectivity index (χ2n) is 5.29. The molecular weight excluding hydrogens is 320 g/mol. The van der Waals surface area contributed by atoms with Gasteiger partial charge in [0.2, 0.25) is 0 Å². The maximum atomic E-state index is 12.3. The molecule has 3 amide bonds. The molecule has 0 spiro atoms. The Hall–Kier alpha value is -2.08. The highest BCUT2D eigenvalue weighted by Gasteiger charge is 2.26. The van der Waals surface area contributed by atoms with Gasteiger partial charge in [0.1, 0.15) is 0 Å². The van der Waals surface area contributed by atoms with Gasteiger partial charge in [-0.05, 0) is 30.5 Å². The van der Waals surface area contributed by atoms with Gasteiger partial charge in [-0.15, -0.1) is 0 Å². The Bertz CT molecular complexity index is 558. The number of halogens is 1. The standard InChI is InChI=1S/C16H21ClN2O4/c1-4-18-16(22)19-13(20)9-23-15(21)14(10(2)3)11-5-7-12(17)8-6-11/h5-8,10,14H,4,9H2,1-3H3,(H2,18,19,20,22). The molecule has 1 atom stereocenters. The highest BCUT2D eigenvalue weighted by atomic mass is 35.5. The van der Waals surface area contributed by atoms with Crippen LogP contribution in [0.4, 0.5) is 4.79 Å². The summed E-state index contributed by atoms with van der Waals surface area (Å²) in [5, 5.41) is 5.06. The van der Waals surface area contributed by atoms with Crippen LogP contribution in [0.2, 0.25) is 5.02 Å². The van der Waals surface area contributed by atoms with Crippen LogP contribution in [-0.4, -0.2) is 31.1 Å². The Morgan fingerprint density at radius 3 is 2.30 bits per heavy atom. The second kappa shape index (κ2) is 9.15. The van der Waals surface area contributed by atoms with Gasteiger partial charge in [-0.2, -0.15) is 0 Å². The zero-order valence-corrected chi connectivity index (χ0v) is 14.1. The summed E-state index contributed by atoms with van der Waals surface area (Å²) in [6.07, 6.45) is 0. The average Bonchev–Trinajstić information content (AvgIpc) is 2.47. The van der Waals surface area contributed by atoms with Crippen LogP contribution in [-0.2, 0) is 14.3 Å². The van der Waals surface area contributed by atoms with Crippen LogP contribution in [0, 0.1) is 5.92 Å². The van der Waals surface area contributed by atoms with Gasteiger partial charge >= 0.3 is 12.0 Å². The molecule has 0 aliphatic rings. The molecule has 0 saturated heterocycles. The van der Waals surface area contributed by atoms with E-state index in [1.807, 2.05) is 13.8 Å². The molecule has 0 heterocycles. The van der Waals surface area contributed by atoms with E-state index >= 15 is 0 Å². The molecule has 1 rings (SSSR count). The number of amides is 3. The van der Waals surface area contributed by atoms with E-state index in [1.165, 1.54) is 0 Å². The third-order valence-corrected chi connectivity index (χ3v) is 3.34. The Morgan fingerprint density at radius 2 is 1.78 bits per heavy atom. The van der Waals surface area contributed by atoms with Crippen molar-refractivity contribution in [2.45, 2.75) is 26.7 Å². The molecule has 0 radical (unpaired) electrons. The lowest BCUT2D eigenvalue weighted by molar-refractivity contribution is -0.150. The summed E-state index contributed by atoms with van der Waals surface area (Å²) in [5.41, 5.74) is 0.763. The molecule has 2 N–H and O–H groups in total. The van der Waals surface area contributed by atoms with Gasteiger partial charge in [-0.1, -0.05) is 37.6 Å². The van der Waals surface area contributed by atoms with Crippen LogP contribution in [0.3, 0.4) is 0 Å². The number of ether oxygens (including phenoxy) is 1. The van der Waals surface area contributed by atoms with Gasteiger partial charge in [-0.3, -0.25) is 14.9 Å². The van der Waals surface area contributed by atoms with Crippen molar-refractivity contribution in [3.05, 3.63) is 34.9 Å². The Morgan fingerprint density at radius 1 is 1.17 bits per heavy atom. The number of hydrogen-bond acceptors (Lipinski definition) is 4. The van der Waals surface area contributed by atoms with Crippen molar-refractivity contribution in [2.24, 2.45) is 5.92 Å². The van der Waals surface area contributed by atoms with E-state index < -0.39 is 30.4 Å². The normalized spacial score (nSPS) is 11.7. The first-order valence-electron chi connectivity index (χ1n) is 7.35. The number of carbonyl (C=O) groups excluding carboxylic acids is 3. The molecule has 0 aromatic heterocycles. The number of rotatable bonds is 6. The van der Waals surface area contributed by atoms with E-state index in [0.29, 0.717) is 11.6 Å². The number of carbonyl (C=O) groups is 3. The predicted molar refractivity (Wildman–Crippen MR) is 87.2 cm³/mol. The fourth-order valence-corrected chi connectivity index (χ4v) is 2.18. The molecule has 0 aliphatic carbocycles. The zero-order valence-electron chi connectivity index (χ0n) is 13.4. The third kappa shape index (κ3) is 6.28. The van der Waals surface area contributed by atoms with Crippen LogP contribution in [0.5, 0.6) is 0 Å². The predicted octanol–water partition coefficient (Wildman–Crippen LogP) is 2.47. The van der Waals surface area contributed by atoms with E-state index in [0.717, 1.165) is 5.56 Å². The van der Waals surface area contributed by atoms with Crippen LogP contribution < -0.4 is 10.6 Å². The first kappa shape index (κ1) is 19.0. The molecule has 126 valence electrons. The monoisotopic (exact) mass is 340 g/mol. The molecule has 0 saturated carbocycles. The summed E-state index contributed by atoms with van der Waals surface area (Å²) < 4.78 is 5.03. The lowest BCUT2D eigenvalue weighted by atomic mass is 9.88. The average molecular weight is 341 g/mol. The summed E-state index contributed by atoms with van der Waals surface area (Å²) in [6, 6.07) is 6.28. The smallest absolute Gasteiger partial charge is 0.321 e. The molecule has 0 aliphatic heterocycles. The SMILES string of the molecule is CCNC(=O)NC(=O)COC(=O)C(c1ccc(Cl)cc1)C(C)C. The molecule has 0 fully saturated rings. The van der Waals surface area contributed by atoms with Gasteiger partial charge in [-0.25, -0.2) is 4.79 Å². The quantitative estimate of drug-likeness (QED) is 0.779. The van der Waals surface area contributed by atoms with E-state index in [2.05, 4.69) is 10.6 Å². The number of nitrogens with one attached hydrogen (secondary N) is 2. The highest BCUT2D eigenvalue weighted by molar-refractivity contribution is 6.30. The fourth-order valence-electron chi connectivity index (χ4n) is 2.06. The molecule has 1 aromatic carbocycles. The van der Waals surface area contributed by atoms with Crippen molar-refractivity contribution in [3.8, 4) is 0 Å². The minimum absolute atomic E-state index is 0.0184. The Labute approximate surface area is 140 Å². The van der Waals surface area contributed by atoms with E-state index in [-0.39, 0.29) is 5.92 Å². The minimum Gasteiger partial charge on any atom is -0.455 e. The van der Waals surface area contributed by atoms with E-state index in [9.17, 15) is 14.4 Å². The lowest BCUT2D eigenvalue weighted by Gasteiger charge is -2.19. The lowest BCUT2D eigenvalue weighted by Crippen LogP contribution is -2.41. The minimum atomic E-state index is -0.678. The first-order valence-corrected chi connectivity index (χ1v) is 7.72. The second-order valence-corrected chi connectivity index (χ2v) is 5.73. The van der Waals surface area contributed by atoms with Crippen molar-refractivity contribution in [1.82, 2.24) is 10.6 Å². The maximum absolute atomic E-state index is 12.3. The van der Waals surface area contributed by atoms with Crippen molar-refractivity contribution in [2.75, 3.05) is 13.2 Å². The Balaban J connectivity index is 2.64.